The lowest BCUT2D eigenvalue weighted by molar-refractivity contribution is -0.154. The van der Waals surface area contributed by atoms with Crippen molar-refractivity contribution in [1.29, 1.82) is 0 Å². The minimum atomic E-state index is -4.45. The second-order valence-electron chi connectivity index (χ2n) is 7.67. The summed E-state index contributed by atoms with van der Waals surface area (Å²) in [5.41, 5.74) is 1.30. The fourth-order valence-electron chi connectivity index (χ4n) is 3.94. The van der Waals surface area contributed by atoms with Crippen molar-refractivity contribution in [2.24, 2.45) is 0 Å². The molecule has 2 N–H and O–H groups in total. The average Bonchev–Trinajstić information content (AvgIpc) is 3.16. The highest BCUT2D eigenvalue weighted by Gasteiger charge is 2.34. The smallest absolute Gasteiger partial charge is 0.422 e. The Labute approximate surface area is 154 Å². The van der Waals surface area contributed by atoms with Crippen LogP contribution in [0.3, 0.4) is 0 Å². The number of rotatable bonds is 5. The van der Waals surface area contributed by atoms with Crippen LogP contribution in [-0.4, -0.2) is 50.5 Å². The molecule has 2 aliphatic rings. The minimum Gasteiger partial charge on any atom is -0.454 e. The number of hydrogen-bond donors (Lipinski definition) is 2. The first-order chi connectivity index (χ1) is 12.8. The van der Waals surface area contributed by atoms with E-state index in [0.717, 1.165) is 31.2 Å². The van der Waals surface area contributed by atoms with Crippen molar-refractivity contribution in [3.05, 3.63) is 11.8 Å². The van der Waals surface area contributed by atoms with Crippen molar-refractivity contribution in [2.45, 2.75) is 69.8 Å². The predicted molar refractivity (Wildman–Crippen MR) is 93.0 cm³/mol. The molecule has 2 unspecified atom stereocenters. The van der Waals surface area contributed by atoms with Crippen LogP contribution in [-0.2, 0) is 0 Å². The van der Waals surface area contributed by atoms with Gasteiger partial charge in [-0.1, -0.05) is 13.8 Å². The number of anilines is 1. The summed E-state index contributed by atoms with van der Waals surface area (Å²) in [5, 5.41) is 11.3. The fraction of sp³-hybridized carbons (Fsp3) is 0.706. The Balaban J connectivity index is 1.64. The zero-order chi connectivity index (χ0) is 19.2. The first kappa shape index (κ1) is 18.3. The third-order valence-corrected chi connectivity index (χ3v) is 5.17. The van der Waals surface area contributed by atoms with Gasteiger partial charge in [-0.3, -0.25) is 0 Å². The predicted octanol–water partition coefficient (Wildman–Crippen LogP) is 2.88. The summed E-state index contributed by atoms with van der Waals surface area (Å²) in [7, 11) is 0. The van der Waals surface area contributed by atoms with Crippen LogP contribution in [0.15, 0.2) is 6.20 Å². The Morgan fingerprint density at radius 3 is 2.59 bits per heavy atom. The average molecular weight is 384 g/mol. The third kappa shape index (κ3) is 3.95. The van der Waals surface area contributed by atoms with Crippen LogP contribution in [0.5, 0.6) is 6.01 Å². The molecule has 0 amide bonds. The van der Waals surface area contributed by atoms with E-state index in [4.69, 9.17) is 4.74 Å². The van der Waals surface area contributed by atoms with Crippen molar-refractivity contribution in [3.8, 4) is 6.01 Å². The molecule has 2 fully saturated rings. The van der Waals surface area contributed by atoms with E-state index in [1.807, 2.05) is 13.8 Å². The first-order valence-electron chi connectivity index (χ1n) is 9.26. The Bertz CT molecular complexity index is 809. The van der Waals surface area contributed by atoms with Crippen LogP contribution >= 0.6 is 0 Å². The van der Waals surface area contributed by atoms with Gasteiger partial charge in [0, 0.05) is 23.7 Å². The molecule has 2 atom stereocenters. The molecule has 2 aromatic rings. The van der Waals surface area contributed by atoms with Crippen LogP contribution in [0.1, 0.15) is 51.0 Å². The number of nitrogens with one attached hydrogen (secondary N) is 2. The molecule has 27 heavy (non-hydrogen) atoms. The number of nitrogens with zero attached hydrogens (tertiary/aromatic N) is 4. The van der Waals surface area contributed by atoms with Gasteiger partial charge in [0.25, 0.3) is 0 Å². The van der Waals surface area contributed by atoms with Crippen molar-refractivity contribution in [1.82, 2.24) is 24.9 Å². The highest BCUT2D eigenvalue weighted by Crippen LogP contribution is 2.30. The number of fused-ring (bicyclic) bond motifs is 3. The number of halogens is 3. The van der Waals surface area contributed by atoms with Crippen LogP contribution in [0.2, 0.25) is 0 Å². The number of piperidine rings is 1. The Hall–Kier alpha value is -2.10. The topological polar surface area (TPSA) is 76.4 Å². The summed E-state index contributed by atoms with van der Waals surface area (Å²) in [4.78, 5) is 8.35. The second kappa shape index (κ2) is 6.81. The maximum absolute atomic E-state index is 12.5. The van der Waals surface area contributed by atoms with Gasteiger partial charge in [0.05, 0.1) is 6.20 Å². The first-order valence-corrected chi connectivity index (χ1v) is 9.26. The molecule has 2 aliphatic heterocycles. The Morgan fingerprint density at radius 1 is 1.26 bits per heavy atom. The quantitative estimate of drug-likeness (QED) is 0.826. The van der Waals surface area contributed by atoms with Gasteiger partial charge in [0.2, 0.25) is 5.95 Å². The highest BCUT2D eigenvalue weighted by molar-refractivity contribution is 5.53. The van der Waals surface area contributed by atoms with Crippen molar-refractivity contribution >= 4 is 11.6 Å². The molecular weight excluding hydrogens is 361 g/mol. The van der Waals surface area contributed by atoms with Crippen LogP contribution < -0.4 is 15.4 Å². The maximum atomic E-state index is 12.5. The van der Waals surface area contributed by atoms with Crippen molar-refractivity contribution in [2.75, 3.05) is 11.9 Å². The molecule has 10 heteroatoms. The molecule has 0 aliphatic carbocycles. The van der Waals surface area contributed by atoms with Crippen LogP contribution in [0.25, 0.3) is 5.65 Å². The third-order valence-electron chi connectivity index (χ3n) is 5.17. The summed E-state index contributed by atoms with van der Waals surface area (Å²) >= 11 is 0. The monoisotopic (exact) mass is 384 g/mol. The molecule has 7 nitrogen and oxygen atoms in total. The molecule has 0 spiro atoms. The number of aromatic nitrogens is 4. The van der Waals surface area contributed by atoms with E-state index in [9.17, 15) is 13.2 Å². The van der Waals surface area contributed by atoms with Crippen molar-refractivity contribution in [3.63, 3.8) is 0 Å². The number of alkyl halides is 3. The largest absolute Gasteiger partial charge is 0.454 e. The molecule has 2 aromatic heterocycles. The molecule has 0 aromatic carbocycles. The van der Waals surface area contributed by atoms with Gasteiger partial charge >= 0.3 is 12.2 Å². The van der Waals surface area contributed by atoms with Gasteiger partial charge in [-0.05, 0) is 31.6 Å². The lowest BCUT2D eigenvalue weighted by atomic mass is 10.0. The molecule has 2 bridgehead atoms. The molecular formula is C17H23F3N6O. The van der Waals surface area contributed by atoms with Gasteiger partial charge in [-0.25, -0.2) is 0 Å². The van der Waals surface area contributed by atoms with Crippen molar-refractivity contribution < 1.29 is 17.9 Å². The number of hydrogen-bond acceptors (Lipinski definition) is 6. The van der Waals surface area contributed by atoms with Gasteiger partial charge < -0.3 is 15.4 Å². The van der Waals surface area contributed by atoms with E-state index in [-0.39, 0.29) is 18.0 Å². The van der Waals surface area contributed by atoms with E-state index in [2.05, 4.69) is 25.7 Å². The SMILES string of the molecule is CC(C)c1cnn2c(NC3CC4CCC(C3)N4)nc(OCC(F)(F)F)nc12. The van der Waals surface area contributed by atoms with Gasteiger partial charge in [0.1, 0.15) is 0 Å². The molecule has 0 radical (unpaired) electrons. The summed E-state index contributed by atoms with van der Waals surface area (Å²) in [5.74, 6) is 0.491. The summed E-state index contributed by atoms with van der Waals surface area (Å²) < 4.78 is 44.0. The van der Waals surface area contributed by atoms with E-state index in [1.165, 1.54) is 0 Å². The van der Waals surface area contributed by atoms with E-state index in [1.54, 1.807) is 10.7 Å². The van der Waals surface area contributed by atoms with E-state index < -0.39 is 12.8 Å². The Kier molecular flexibility index (Phi) is 4.61. The molecule has 4 rings (SSSR count). The normalized spacial score (nSPS) is 25.3. The van der Waals surface area contributed by atoms with Gasteiger partial charge in [-0.15, -0.1) is 0 Å². The van der Waals surface area contributed by atoms with Gasteiger partial charge in [-0.2, -0.15) is 32.8 Å². The van der Waals surface area contributed by atoms with Gasteiger partial charge in [0.15, 0.2) is 12.3 Å². The standard InChI is InChI=1S/C17H23F3N6O/c1-9(2)13-7-21-26-14(13)24-16(27-8-17(18,19)20)25-15(26)23-12-5-10-3-4-11(6-12)22-10/h7,9-12,22H,3-6,8H2,1-2H3,(H,23,24,25). The summed E-state index contributed by atoms with van der Waals surface area (Å²) in [6.07, 6.45) is 1.43. The maximum Gasteiger partial charge on any atom is 0.422 e. The fourth-order valence-corrected chi connectivity index (χ4v) is 3.94. The lowest BCUT2D eigenvalue weighted by Crippen LogP contribution is -2.43. The lowest BCUT2D eigenvalue weighted by Gasteiger charge is -2.30. The van der Waals surface area contributed by atoms with E-state index >= 15 is 0 Å². The minimum absolute atomic E-state index is 0.121. The second-order valence-corrected chi connectivity index (χ2v) is 7.67. The Morgan fingerprint density at radius 2 is 1.96 bits per heavy atom. The molecule has 2 saturated heterocycles. The highest BCUT2D eigenvalue weighted by atomic mass is 19.4. The zero-order valence-corrected chi connectivity index (χ0v) is 15.3. The summed E-state index contributed by atoms with van der Waals surface area (Å²) in [6.45, 7) is 2.53. The summed E-state index contributed by atoms with van der Waals surface area (Å²) in [6, 6.07) is 0.845. The van der Waals surface area contributed by atoms with Crippen LogP contribution in [0, 0.1) is 0 Å². The molecule has 4 heterocycles. The van der Waals surface area contributed by atoms with E-state index in [0.29, 0.717) is 23.7 Å². The number of ether oxygens (including phenoxy) is 1. The van der Waals surface area contributed by atoms with Crippen LogP contribution in [0.4, 0.5) is 19.1 Å². The molecule has 0 saturated carbocycles. The molecule has 148 valence electrons. The zero-order valence-electron chi connectivity index (χ0n) is 15.3.